The van der Waals surface area contributed by atoms with Crippen LogP contribution in [0.2, 0.25) is 10.0 Å². The number of rotatable bonds is 13. The van der Waals surface area contributed by atoms with Gasteiger partial charge in [-0.3, -0.25) is 13.9 Å². The minimum Gasteiger partial charge on any atom is -0.354 e. The lowest BCUT2D eigenvalue weighted by Gasteiger charge is -2.34. The van der Waals surface area contributed by atoms with Crippen molar-refractivity contribution < 1.29 is 18.0 Å². The molecule has 4 aromatic carbocycles. The summed E-state index contributed by atoms with van der Waals surface area (Å²) in [5.74, 6) is -0.912. The highest BCUT2D eigenvalue weighted by Gasteiger charge is 2.35. The van der Waals surface area contributed by atoms with Crippen LogP contribution < -0.4 is 9.62 Å². The molecule has 0 spiro atoms. The summed E-state index contributed by atoms with van der Waals surface area (Å²) in [5.41, 5.74) is 3.14. The zero-order valence-corrected chi connectivity index (χ0v) is 27.9. The molecular weight excluding hydrogens is 629 g/mol. The van der Waals surface area contributed by atoms with E-state index in [1.807, 2.05) is 44.2 Å². The summed E-state index contributed by atoms with van der Waals surface area (Å²) in [7, 11) is -4.24. The Morgan fingerprint density at radius 2 is 1.47 bits per heavy atom. The first kappa shape index (κ1) is 34.0. The van der Waals surface area contributed by atoms with Crippen LogP contribution in [0, 0.1) is 13.8 Å². The third-order valence-electron chi connectivity index (χ3n) is 7.51. The van der Waals surface area contributed by atoms with Crippen LogP contribution >= 0.6 is 23.2 Å². The van der Waals surface area contributed by atoms with E-state index in [1.54, 1.807) is 61.5 Å². The van der Waals surface area contributed by atoms with Gasteiger partial charge in [0.2, 0.25) is 11.8 Å². The number of nitrogens with zero attached hydrogens (tertiary/aromatic N) is 2. The Morgan fingerprint density at radius 1 is 0.822 bits per heavy atom. The fourth-order valence-electron chi connectivity index (χ4n) is 4.95. The second-order valence-corrected chi connectivity index (χ2v) is 13.5. The first-order valence-corrected chi connectivity index (χ1v) is 16.9. The molecule has 1 N–H and O–H groups in total. The number of anilines is 1. The molecule has 0 radical (unpaired) electrons. The van der Waals surface area contributed by atoms with Gasteiger partial charge in [0, 0.05) is 29.6 Å². The van der Waals surface area contributed by atoms with Crippen LogP contribution in [-0.4, -0.2) is 44.3 Å². The molecule has 45 heavy (non-hydrogen) atoms. The standard InChI is InChI=1S/C35H37Cl2N3O4S/c1-4-21-38-35(42)33(22-27-11-6-5-7-12-27)39(23-28-13-8-9-14-31(28)37)34(41)24-40(32-16-10-15-30(36)26(32)3)45(43,44)29-19-17-25(2)18-20-29/h5-20,33H,4,21-24H2,1-3H3,(H,38,42)/t33-/m0/s1. The lowest BCUT2D eigenvalue weighted by atomic mass is 10.0. The van der Waals surface area contributed by atoms with E-state index in [-0.39, 0.29) is 29.5 Å². The molecule has 0 fully saturated rings. The van der Waals surface area contributed by atoms with E-state index in [1.165, 1.54) is 17.0 Å². The Morgan fingerprint density at radius 3 is 2.13 bits per heavy atom. The number of carbonyl (C=O) groups is 2. The molecule has 2 amide bonds. The smallest absolute Gasteiger partial charge is 0.264 e. The Hall–Kier alpha value is -3.85. The van der Waals surface area contributed by atoms with Gasteiger partial charge in [0.1, 0.15) is 12.6 Å². The molecule has 0 aromatic heterocycles. The van der Waals surface area contributed by atoms with Crippen molar-refractivity contribution in [3.8, 4) is 0 Å². The van der Waals surface area contributed by atoms with E-state index in [2.05, 4.69) is 5.32 Å². The normalized spacial score (nSPS) is 11.9. The fourth-order valence-corrected chi connectivity index (χ4v) is 6.78. The summed E-state index contributed by atoms with van der Waals surface area (Å²) in [6.07, 6.45) is 0.923. The van der Waals surface area contributed by atoms with Gasteiger partial charge in [0.05, 0.1) is 10.6 Å². The SMILES string of the molecule is CCCNC(=O)[C@H](Cc1ccccc1)N(Cc1ccccc1Cl)C(=O)CN(c1cccc(Cl)c1C)S(=O)(=O)c1ccc(C)cc1. The molecule has 0 heterocycles. The van der Waals surface area contributed by atoms with Gasteiger partial charge in [0.25, 0.3) is 10.0 Å². The predicted octanol–water partition coefficient (Wildman–Crippen LogP) is 6.97. The number of aryl methyl sites for hydroxylation is 1. The first-order valence-electron chi connectivity index (χ1n) is 14.7. The van der Waals surface area contributed by atoms with Crippen molar-refractivity contribution in [1.82, 2.24) is 10.2 Å². The van der Waals surface area contributed by atoms with Gasteiger partial charge >= 0.3 is 0 Å². The molecule has 7 nitrogen and oxygen atoms in total. The number of amides is 2. The van der Waals surface area contributed by atoms with Crippen LogP contribution in [0.5, 0.6) is 0 Å². The molecule has 0 aliphatic heterocycles. The van der Waals surface area contributed by atoms with E-state index in [4.69, 9.17) is 23.2 Å². The van der Waals surface area contributed by atoms with E-state index in [0.29, 0.717) is 34.1 Å². The lowest BCUT2D eigenvalue weighted by Crippen LogP contribution is -2.53. The highest BCUT2D eigenvalue weighted by molar-refractivity contribution is 7.92. The summed E-state index contributed by atoms with van der Waals surface area (Å²) < 4.78 is 29.5. The Balaban J connectivity index is 1.83. The zero-order valence-electron chi connectivity index (χ0n) is 25.5. The Bertz CT molecular complexity index is 1730. The fraction of sp³-hybridized carbons (Fsp3) is 0.257. The lowest BCUT2D eigenvalue weighted by molar-refractivity contribution is -0.140. The van der Waals surface area contributed by atoms with Crippen LogP contribution in [0.3, 0.4) is 0 Å². The third-order valence-corrected chi connectivity index (χ3v) is 10.1. The maximum Gasteiger partial charge on any atom is 0.264 e. The van der Waals surface area contributed by atoms with Crippen molar-refractivity contribution in [1.29, 1.82) is 0 Å². The van der Waals surface area contributed by atoms with Gasteiger partial charge in [0.15, 0.2) is 0 Å². The molecule has 0 aliphatic rings. The van der Waals surface area contributed by atoms with Crippen LogP contribution in [0.25, 0.3) is 0 Å². The Labute approximate surface area is 275 Å². The summed E-state index contributed by atoms with van der Waals surface area (Å²) in [4.78, 5) is 29.7. The second kappa shape index (κ2) is 15.4. The van der Waals surface area contributed by atoms with Crippen molar-refractivity contribution in [3.05, 3.63) is 129 Å². The quantitative estimate of drug-likeness (QED) is 0.167. The molecular formula is C35H37Cl2N3O4S. The van der Waals surface area contributed by atoms with Gasteiger partial charge in [-0.2, -0.15) is 0 Å². The number of halogens is 2. The van der Waals surface area contributed by atoms with Gasteiger partial charge in [-0.15, -0.1) is 0 Å². The van der Waals surface area contributed by atoms with Crippen LogP contribution in [0.4, 0.5) is 5.69 Å². The van der Waals surface area contributed by atoms with E-state index < -0.39 is 28.5 Å². The maximum atomic E-state index is 14.5. The number of hydrogen-bond acceptors (Lipinski definition) is 4. The van der Waals surface area contributed by atoms with Crippen molar-refractivity contribution in [2.75, 3.05) is 17.4 Å². The highest BCUT2D eigenvalue weighted by Crippen LogP contribution is 2.32. The molecule has 0 bridgehead atoms. The van der Waals surface area contributed by atoms with Crippen molar-refractivity contribution in [3.63, 3.8) is 0 Å². The molecule has 4 aromatic rings. The van der Waals surface area contributed by atoms with E-state index >= 15 is 0 Å². The predicted molar refractivity (Wildman–Crippen MR) is 181 cm³/mol. The number of nitrogens with one attached hydrogen (secondary N) is 1. The average Bonchev–Trinajstić information content (AvgIpc) is 3.03. The molecule has 0 saturated carbocycles. The molecule has 0 unspecified atom stereocenters. The molecule has 236 valence electrons. The minimum absolute atomic E-state index is 0.0114. The number of carbonyl (C=O) groups excluding carboxylic acids is 2. The summed E-state index contributed by atoms with van der Waals surface area (Å²) in [6, 6.07) is 26.9. The van der Waals surface area contributed by atoms with Gasteiger partial charge < -0.3 is 10.2 Å². The largest absolute Gasteiger partial charge is 0.354 e. The maximum absolute atomic E-state index is 14.5. The topological polar surface area (TPSA) is 86.8 Å². The summed E-state index contributed by atoms with van der Waals surface area (Å²) in [6.45, 7) is 5.35. The van der Waals surface area contributed by atoms with Crippen LogP contribution in [0.1, 0.15) is 35.6 Å². The number of benzene rings is 4. The minimum atomic E-state index is -4.24. The van der Waals surface area contributed by atoms with Crippen molar-refractivity contribution >= 4 is 50.7 Å². The van der Waals surface area contributed by atoms with Crippen LogP contribution in [0.15, 0.2) is 102 Å². The van der Waals surface area contributed by atoms with Gasteiger partial charge in [-0.05, 0) is 67.3 Å². The van der Waals surface area contributed by atoms with E-state index in [0.717, 1.165) is 15.4 Å². The monoisotopic (exact) mass is 665 g/mol. The zero-order chi connectivity index (χ0) is 32.6. The second-order valence-electron chi connectivity index (χ2n) is 10.8. The van der Waals surface area contributed by atoms with Gasteiger partial charge in [-0.25, -0.2) is 8.42 Å². The average molecular weight is 667 g/mol. The first-order chi connectivity index (χ1) is 21.5. The summed E-state index contributed by atoms with van der Waals surface area (Å²) >= 11 is 13.0. The van der Waals surface area contributed by atoms with Gasteiger partial charge in [-0.1, -0.05) is 102 Å². The molecule has 10 heteroatoms. The van der Waals surface area contributed by atoms with Crippen LogP contribution in [-0.2, 0) is 32.6 Å². The number of hydrogen-bond donors (Lipinski definition) is 1. The Kier molecular flexibility index (Phi) is 11.7. The third kappa shape index (κ3) is 8.45. The van der Waals surface area contributed by atoms with E-state index in [9.17, 15) is 18.0 Å². The van der Waals surface area contributed by atoms with Crippen molar-refractivity contribution in [2.24, 2.45) is 0 Å². The van der Waals surface area contributed by atoms with Crippen molar-refractivity contribution in [2.45, 2.75) is 51.1 Å². The highest BCUT2D eigenvalue weighted by atomic mass is 35.5. The molecule has 1 atom stereocenters. The molecule has 4 rings (SSSR count). The number of sulfonamides is 1. The molecule has 0 saturated heterocycles. The molecule has 0 aliphatic carbocycles. The summed E-state index contributed by atoms with van der Waals surface area (Å²) in [5, 5.41) is 3.72.